The summed E-state index contributed by atoms with van der Waals surface area (Å²) in [5, 5.41) is 3.50. The largest absolute Gasteiger partial charge is 0.202 e. The Balaban J connectivity index is 1.91. The van der Waals surface area contributed by atoms with E-state index in [-0.39, 0.29) is 5.04 Å². The van der Waals surface area contributed by atoms with Gasteiger partial charge >= 0.3 is 0 Å². The van der Waals surface area contributed by atoms with E-state index in [1.54, 1.807) is 0 Å². The van der Waals surface area contributed by atoms with E-state index in [2.05, 4.69) is 117 Å². The first-order valence-electron chi connectivity index (χ1n) is 10.5. The lowest BCUT2D eigenvalue weighted by Crippen LogP contribution is -2.59. The number of rotatable bonds is 3. The zero-order valence-corrected chi connectivity index (χ0v) is 19.2. The molecule has 2 heteroatoms. The molecule has 0 fully saturated rings. The van der Waals surface area contributed by atoms with Gasteiger partial charge in [-0.25, -0.2) is 0 Å². The number of fused-ring (bicyclic) bond motifs is 1. The first-order valence-corrected chi connectivity index (χ1v) is 14.1. The second-order valence-corrected chi connectivity index (χ2v) is 14.0. The Labute approximate surface area is 184 Å². The molecule has 0 saturated heterocycles. The third-order valence-electron chi connectivity index (χ3n) is 6.79. The molecule has 2 atom stereocenters. The minimum atomic E-state index is -2.58. The number of allylic oxidation sites excluding steroid dienone is 8. The Morgan fingerprint density at radius 1 is 0.867 bits per heavy atom. The maximum atomic E-state index is 7.84. The summed E-state index contributed by atoms with van der Waals surface area (Å²) in [5.41, 5.74) is 5.45. The van der Waals surface area contributed by atoms with Crippen LogP contribution in [0.1, 0.15) is 18.9 Å². The van der Waals surface area contributed by atoms with Gasteiger partial charge in [0.2, 0.25) is 7.38 Å². The maximum absolute atomic E-state index is 7.84. The summed E-state index contributed by atoms with van der Waals surface area (Å²) in [7, 11) is -2.58. The van der Waals surface area contributed by atoms with Crippen LogP contribution in [0.2, 0.25) is 6.55 Å². The van der Waals surface area contributed by atoms with Crippen LogP contribution in [0, 0.1) is 0 Å². The first kappa shape index (κ1) is 19.4. The highest BCUT2D eigenvalue weighted by atomic mass is 35.6. The second-order valence-electron chi connectivity index (χ2n) is 8.40. The molecule has 0 bridgehead atoms. The molecular weight excluding hydrogens is 400 g/mol. The van der Waals surface area contributed by atoms with Crippen LogP contribution in [0.25, 0.3) is 10.8 Å². The number of benzene rings is 3. The van der Waals surface area contributed by atoms with Gasteiger partial charge in [0.25, 0.3) is 0 Å². The lowest BCUT2D eigenvalue weighted by molar-refractivity contribution is 0.846. The minimum absolute atomic E-state index is 0.325. The standard InChI is InChI=1S/C28H25ClSi/c1-21-20-23-13-5-3-8-18-26(23)28(21,30(2,29)24-15-6-4-7-16-24)27-19-11-14-22-12-9-10-17-25(22)27/h3-12,14-20H,13H2,1-2H3. The van der Waals surface area contributed by atoms with E-state index in [0.717, 1.165) is 6.42 Å². The summed E-state index contributed by atoms with van der Waals surface area (Å²) < 4.78 is 0. The molecule has 0 heterocycles. The molecule has 0 saturated carbocycles. The smallest absolute Gasteiger partial charge is 0.160 e. The van der Waals surface area contributed by atoms with Crippen molar-refractivity contribution in [3.8, 4) is 0 Å². The average Bonchev–Trinajstić information content (AvgIpc) is 2.90. The highest BCUT2D eigenvalue weighted by Crippen LogP contribution is 2.55. The van der Waals surface area contributed by atoms with Crippen molar-refractivity contribution >= 4 is 34.4 Å². The van der Waals surface area contributed by atoms with Crippen molar-refractivity contribution in [3.05, 3.63) is 125 Å². The molecule has 2 aliphatic rings. The van der Waals surface area contributed by atoms with E-state index in [0.29, 0.717) is 0 Å². The van der Waals surface area contributed by atoms with Crippen LogP contribution in [0.15, 0.2) is 120 Å². The van der Waals surface area contributed by atoms with Crippen LogP contribution in [0.4, 0.5) is 0 Å². The normalized spacial score (nSPS) is 22.6. The fraction of sp³-hybridized carbons (Fsp3) is 0.143. The van der Waals surface area contributed by atoms with E-state index < -0.39 is 7.38 Å². The second kappa shape index (κ2) is 7.26. The molecule has 5 rings (SSSR count). The zero-order valence-electron chi connectivity index (χ0n) is 17.4. The number of halogens is 1. The molecule has 2 unspecified atom stereocenters. The lowest BCUT2D eigenvalue weighted by Gasteiger charge is -2.45. The SMILES string of the molecule is CC1=CC2=C(C=CC=CC2)C1(c1cccc2ccccc12)[Si](C)(Cl)c1ccccc1. The van der Waals surface area contributed by atoms with Crippen LogP contribution >= 0.6 is 11.1 Å². The van der Waals surface area contributed by atoms with E-state index in [9.17, 15) is 0 Å². The van der Waals surface area contributed by atoms with Gasteiger partial charge in [0.05, 0.1) is 5.04 Å². The molecule has 0 amide bonds. The Kier molecular flexibility index (Phi) is 4.69. The molecular formula is C28H25ClSi. The van der Waals surface area contributed by atoms with Crippen molar-refractivity contribution in [2.45, 2.75) is 24.9 Å². The Hall–Kier alpha value is -2.61. The molecule has 0 aliphatic heterocycles. The van der Waals surface area contributed by atoms with Crippen LogP contribution in [0.5, 0.6) is 0 Å². The molecule has 0 spiro atoms. The fourth-order valence-corrected chi connectivity index (χ4v) is 10.5. The van der Waals surface area contributed by atoms with Gasteiger partial charge in [-0.05, 0) is 46.0 Å². The van der Waals surface area contributed by atoms with Gasteiger partial charge in [0.1, 0.15) is 0 Å². The van der Waals surface area contributed by atoms with Gasteiger partial charge in [0.15, 0.2) is 0 Å². The predicted octanol–water partition coefficient (Wildman–Crippen LogP) is 7.11. The minimum Gasteiger partial charge on any atom is -0.160 e. The van der Waals surface area contributed by atoms with Gasteiger partial charge in [-0.1, -0.05) is 115 Å². The van der Waals surface area contributed by atoms with Crippen molar-refractivity contribution in [1.82, 2.24) is 0 Å². The molecule has 148 valence electrons. The molecule has 0 aromatic heterocycles. The van der Waals surface area contributed by atoms with Gasteiger partial charge < -0.3 is 0 Å². The van der Waals surface area contributed by atoms with E-state index in [4.69, 9.17) is 11.1 Å². The Morgan fingerprint density at radius 3 is 2.43 bits per heavy atom. The predicted molar refractivity (Wildman–Crippen MR) is 133 cm³/mol. The Bertz CT molecular complexity index is 1240. The summed E-state index contributed by atoms with van der Waals surface area (Å²) in [6, 6.07) is 26.2. The van der Waals surface area contributed by atoms with Crippen LogP contribution in [-0.4, -0.2) is 7.38 Å². The lowest BCUT2D eigenvalue weighted by atomic mass is 9.83. The molecule has 3 aromatic carbocycles. The van der Waals surface area contributed by atoms with Crippen molar-refractivity contribution in [2.75, 3.05) is 0 Å². The molecule has 0 nitrogen and oxygen atoms in total. The van der Waals surface area contributed by atoms with Crippen LogP contribution in [-0.2, 0) is 5.04 Å². The molecule has 0 N–H and O–H groups in total. The van der Waals surface area contributed by atoms with Crippen LogP contribution in [0.3, 0.4) is 0 Å². The topological polar surface area (TPSA) is 0 Å². The summed E-state index contributed by atoms with van der Waals surface area (Å²) in [4.78, 5) is 0. The van der Waals surface area contributed by atoms with E-state index in [1.807, 2.05) is 0 Å². The van der Waals surface area contributed by atoms with Crippen molar-refractivity contribution in [2.24, 2.45) is 0 Å². The van der Waals surface area contributed by atoms with Crippen molar-refractivity contribution in [1.29, 1.82) is 0 Å². The maximum Gasteiger partial charge on any atom is 0.202 e. The van der Waals surface area contributed by atoms with Gasteiger partial charge in [0, 0.05) is 0 Å². The van der Waals surface area contributed by atoms with Crippen molar-refractivity contribution < 1.29 is 0 Å². The van der Waals surface area contributed by atoms with Gasteiger partial charge in [-0.3, -0.25) is 0 Å². The zero-order chi connectivity index (χ0) is 20.8. The summed E-state index contributed by atoms with van der Waals surface area (Å²) in [6.45, 7) is 4.61. The quantitative estimate of drug-likeness (QED) is 0.310. The molecule has 3 aromatic rings. The van der Waals surface area contributed by atoms with Gasteiger partial charge in [-0.15, -0.1) is 0 Å². The first-order chi connectivity index (χ1) is 14.6. The van der Waals surface area contributed by atoms with E-state index >= 15 is 0 Å². The van der Waals surface area contributed by atoms with Gasteiger partial charge in [-0.2, -0.15) is 11.1 Å². The summed E-state index contributed by atoms with van der Waals surface area (Å²) in [5.74, 6) is 0. The van der Waals surface area contributed by atoms with E-state index in [1.165, 1.54) is 38.2 Å². The third-order valence-corrected chi connectivity index (χ3v) is 12.1. The Morgan fingerprint density at radius 2 is 1.60 bits per heavy atom. The van der Waals surface area contributed by atoms with Crippen molar-refractivity contribution in [3.63, 3.8) is 0 Å². The monoisotopic (exact) mass is 424 g/mol. The molecule has 0 radical (unpaired) electrons. The van der Waals surface area contributed by atoms with Crippen LogP contribution < -0.4 is 5.19 Å². The molecule has 2 aliphatic carbocycles. The fourth-order valence-electron chi connectivity index (χ4n) is 5.48. The highest BCUT2D eigenvalue weighted by Gasteiger charge is 2.57. The third kappa shape index (κ3) is 2.66. The summed E-state index contributed by atoms with van der Waals surface area (Å²) >= 11 is 7.84. The highest BCUT2D eigenvalue weighted by molar-refractivity contribution is 7.28. The number of hydrogen-bond acceptors (Lipinski definition) is 0. The molecule has 30 heavy (non-hydrogen) atoms. The summed E-state index contributed by atoms with van der Waals surface area (Å²) in [6.07, 6.45) is 12.2. The number of hydrogen-bond donors (Lipinski definition) is 0. The average molecular weight is 425 g/mol.